The van der Waals surface area contributed by atoms with Gasteiger partial charge in [-0.05, 0) is 48.6 Å². The number of benzene rings is 1. The summed E-state index contributed by atoms with van der Waals surface area (Å²) >= 11 is 7.82. The van der Waals surface area contributed by atoms with Gasteiger partial charge in [-0.1, -0.05) is 23.7 Å². The van der Waals surface area contributed by atoms with Crippen molar-refractivity contribution in [3.05, 3.63) is 34.9 Å². The summed E-state index contributed by atoms with van der Waals surface area (Å²) in [6.45, 7) is 0.669. The van der Waals surface area contributed by atoms with Crippen LogP contribution >= 0.6 is 23.4 Å². The van der Waals surface area contributed by atoms with E-state index in [1.165, 1.54) is 0 Å². The van der Waals surface area contributed by atoms with Gasteiger partial charge in [-0.25, -0.2) is 0 Å². The molecule has 2 heterocycles. The zero-order valence-electron chi connectivity index (χ0n) is 11.8. The van der Waals surface area contributed by atoms with Crippen LogP contribution in [0.1, 0.15) is 30.7 Å². The summed E-state index contributed by atoms with van der Waals surface area (Å²) < 4.78 is 6.01. The molecule has 2 saturated heterocycles. The first-order valence-corrected chi connectivity index (χ1v) is 8.83. The molecule has 0 aromatic heterocycles. The predicted octanol–water partition coefficient (Wildman–Crippen LogP) is 3.81. The molecule has 2 aliphatic rings. The molecule has 3 unspecified atom stereocenters. The minimum atomic E-state index is -0.745. The molecule has 1 aromatic carbocycles. The molecule has 1 aromatic rings. The van der Waals surface area contributed by atoms with E-state index in [-0.39, 0.29) is 11.5 Å². The highest BCUT2D eigenvalue weighted by molar-refractivity contribution is 7.99. The normalized spacial score (nSPS) is 30.4. The first-order chi connectivity index (χ1) is 10.1. The summed E-state index contributed by atoms with van der Waals surface area (Å²) in [6.07, 6.45) is 2.70. The summed E-state index contributed by atoms with van der Waals surface area (Å²) in [5.74, 6) is 1.04. The molecule has 0 radical (unpaired) electrons. The van der Waals surface area contributed by atoms with Gasteiger partial charge in [-0.3, -0.25) is 4.79 Å². The molecule has 2 fully saturated rings. The molecular weight excluding hydrogens is 308 g/mol. The second-order valence-electron chi connectivity index (χ2n) is 5.95. The summed E-state index contributed by atoms with van der Waals surface area (Å²) in [4.78, 5) is 11.8. The number of hydrogen-bond donors (Lipinski definition) is 1. The summed E-state index contributed by atoms with van der Waals surface area (Å²) in [7, 11) is 0. The number of carboxylic acids is 1. The Kier molecular flexibility index (Phi) is 4.48. The van der Waals surface area contributed by atoms with Crippen molar-refractivity contribution in [2.75, 3.05) is 18.1 Å². The van der Waals surface area contributed by atoms with Crippen molar-refractivity contribution in [1.29, 1.82) is 0 Å². The highest BCUT2D eigenvalue weighted by atomic mass is 35.5. The van der Waals surface area contributed by atoms with Crippen molar-refractivity contribution in [1.82, 2.24) is 0 Å². The predicted molar refractivity (Wildman–Crippen MR) is 85.2 cm³/mol. The van der Waals surface area contributed by atoms with E-state index in [9.17, 15) is 9.90 Å². The van der Waals surface area contributed by atoms with E-state index >= 15 is 0 Å². The molecule has 0 bridgehead atoms. The van der Waals surface area contributed by atoms with Crippen molar-refractivity contribution < 1.29 is 14.6 Å². The second-order valence-corrected chi connectivity index (χ2v) is 7.50. The first kappa shape index (κ1) is 15.2. The van der Waals surface area contributed by atoms with Crippen LogP contribution < -0.4 is 0 Å². The second kappa shape index (κ2) is 6.19. The number of hydrogen-bond acceptors (Lipinski definition) is 3. The van der Waals surface area contributed by atoms with E-state index < -0.39 is 11.9 Å². The standard InChI is InChI=1S/C16H19ClO3S/c17-13-3-1-11(2-4-13)14(15(18)19)12-5-7-20-16(9-12)6-8-21-10-16/h1-4,12,14H,5-10H2,(H,18,19). The van der Waals surface area contributed by atoms with Crippen LogP contribution in [0.2, 0.25) is 5.02 Å². The minimum Gasteiger partial charge on any atom is -0.481 e. The molecule has 2 aliphatic heterocycles. The highest BCUT2D eigenvalue weighted by Crippen LogP contribution is 2.44. The molecule has 3 atom stereocenters. The topological polar surface area (TPSA) is 46.5 Å². The van der Waals surface area contributed by atoms with E-state index in [1.807, 2.05) is 23.9 Å². The van der Waals surface area contributed by atoms with Crippen molar-refractivity contribution >= 4 is 29.3 Å². The van der Waals surface area contributed by atoms with Gasteiger partial charge in [-0.2, -0.15) is 11.8 Å². The number of ether oxygens (including phenoxy) is 1. The maximum atomic E-state index is 11.8. The molecule has 21 heavy (non-hydrogen) atoms. The van der Waals surface area contributed by atoms with Gasteiger partial charge < -0.3 is 9.84 Å². The van der Waals surface area contributed by atoms with Crippen molar-refractivity contribution in [2.24, 2.45) is 5.92 Å². The van der Waals surface area contributed by atoms with Gasteiger partial charge >= 0.3 is 5.97 Å². The average molecular weight is 327 g/mol. The lowest BCUT2D eigenvalue weighted by Gasteiger charge is -2.40. The zero-order chi connectivity index (χ0) is 14.9. The molecule has 114 valence electrons. The number of rotatable bonds is 3. The maximum absolute atomic E-state index is 11.8. The molecule has 0 amide bonds. The molecular formula is C16H19ClO3S. The van der Waals surface area contributed by atoms with Gasteiger partial charge in [0, 0.05) is 17.4 Å². The average Bonchev–Trinajstić information content (AvgIpc) is 2.89. The number of carboxylic acid groups (broad SMARTS) is 1. The Bertz CT molecular complexity index is 511. The van der Waals surface area contributed by atoms with E-state index in [4.69, 9.17) is 16.3 Å². The fourth-order valence-corrected chi connectivity index (χ4v) is 5.00. The van der Waals surface area contributed by atoms with Crippen molar-refractivity contribution in [2.45, 2.75) is 30.8 Å². The smallest absolute Gasteiger partial charge is 0.311 e. The Morgan fingerprint density at radius 1 is 1.43 bits per heavy atom. The quantitative estimate of drug-likeness (QED) is 0.917. The van der Waals surface area contributed by atoms with Crippen LogP contribution in [0.5, 0.6) is 0 Å². The van der Waals surface area contributed by atoms with Crippen LogP contribution in [0, 0.1) is 5.92 Å². The fraction of sp³-hybridized carbons (Fsp3) is 0.562. The van der Waals surface area contributed by atoms with Crippen LogP contribution in [0.25, 0.3) is 0 Å². The van der Waals surface area contributed by atoms with Gasteiger partial charge in [0.15, 0.2) is 0 Å². The molecule has 0 aliphatic carbocycles. The van der Waals surface area contributed by atoms with Gasteiger partial charge in [0.05, 0.1) is 11.5 Å². The molecule has 3 nitrogen and oxygen atoms in total. The Hall–Kier alpha value is -0.710. The van der Waals surface area contributed by atoms with Crippen molar-refractivity contribution in [3.63, 3.8) is 0 Å². The van der Waals surface area contributed by atoms with E-state index in [0.717, 1.165) is 36.3 Å². The lowest BCUT2D eigenvalue weighted by molar-refractivity contribution is -0.143. The Balaban J connectivity index is 1.83. The number of carbonyl (C=O) groups is 1. The maximum Gasteiger partial charge on any atom is 0.311 e. The van der Waals surface area contributed by atoms with Gasteiger partial charge in [0.2, 0.25) is 0 Å². The van der Waals surface area contributed by atoms with Gasteiger partial charge in [0.25, 0.3) is 0 Å². The van der Waals surface area contributed by atoms with Gasteiger partial charge in [0.1, 0.15) is 0 Å². The van der Waals surface area contributed by atoms with E-state index in [2.05, 4.69) is 0 Å². The monoisotopic (exact) mass is 326 g/mol. The highest BCUT2D eigenvalue weighted by Gasteiger charge is 2.44. The third-order valence-electron chi connectivity index (χ3n) is 4.56. The minimum absolute atomic E-state index is 0.0896. The van der Waals surface area contributed by atoms with Crippen LogP contribution in [0.4, 0.5) is 0 Å². The number of aliphatic carboxylic acids is 1. The third kappa shape index (κ3) is 3.22. The largest absolute Gasteiger partial charge is 0.481 e. The lowest BCUT2D eigenvalue weighted by Crippen LogP contribution is -2.42. The Morgan fingerprint density at radius 2 is 2.19 bits per heavy atom. The summed E-state index contributed by atoms with van der Waals surface area (Å²) in [6, 6.07) is 7.22. The first-order valence-electron chi connectivity index (χ1n) is 7.30. The van der Waals surface area contributed by atoms with Crippen LogP contribution in [-0.4, -0.2) is 34.8 Å². The van der Waals surface area contributed by atoms with E-state index in [1.54, 1.807) is 12.1 Å². The Morgan fingerprint density at radius 3 is 2.81 bits per heavy atom. The molecule has 1 N–H and O–H groups in total. The summed E-state index contributed by atoms with van der Waals surface area (Å²) in [5.41, 5.74) is 0.757. The lowest BCUT2D eigenvalue weighted by atomic mass is 9.75. The zero-order valence-corrected chi connectivity index (χ0v) is 13.3. The summed E-state index contributed by atoms with van der Waals surface area (Å²) in [5, 5.41) is 10.3. The van der Waals surface area contributed by atoms with Crippen molar-refractivity contribution in [3.8, 4) is 0 Å². The fourth-order valence-electron chi connectivity index (χ4n) is 3.50. The molecule has 1 spiro atoms. The number of halogens is 1. The SMILES string of the molecule is O=C(O)C(c1ccc(Cl)cc1)C1CCOC2(CCSC2)C1. The van der Waals surface area contributed by atoms with Crippen LogP contribution in [0.3, 0.4) is 0 Å². The van der Waals surface area contributed by atoms with E-state index in [0.29, 0.717) is 11.6 Å². The molecule has 0 saturated carbocycles. The molecule has 3 rings (SSSR count). The molecule has 5 heteroatoms. The van der Waals surface area contributed by atoms with Crippen LogP contribution in [-0.2, 0) is 9.53 Å². The Labute approximate surface area is 134 Å². The van der Waals surface area contributed by atoms with Crippen LogP contribution in [0.15, 0.2) is 24.3 Å². The third-order valence-corrected chi connectivity index (χ3v) is 6.04. The number of thioether (sulfide) groups is 1. The van der Waals surface area contributed by atoms with Gasteiger partial charge in [-0.15, -0.1) is 0 Å².